The first kappa shape index (κ1) is 9.58. The Kier molecular flexibility index (Phi) is 2.50. The van der Waals surface area contributed by atoms with Crippen molar-refractivity contribution in [1.29, 1.82) is 0 Å². The molecule has 3 N–H and O–H groups in total. The Morgan fingerprint density at radius 3 is 2.86 bits per heavy atom. The SMILES string of the molecule is NC(CO)c1ccc(Cl)c2c1OCO2. The van der Waals surface area contributed by atoms with E-state index in [4.69, 9.17) is 31.9 Å². The van der Waals surface area contributed by atoms with Gasteiger partial charge in [-0.1, -0.05) is 17.7 Å². The van der Waals surface area contributed by atoms with Crippen LogP contribution in [-0.4, -0.2) is 18.5 Å². The number of benzene rings is 1. The molecule has 4 nitrogen and oxygen atoms in total. The molecule has 1 unspecified atom stereocenters. The van der Waals surface area contributed by atoms with Crippen LogP contribution in [0.25, 0.3) is 0 Å². The summed E-state index contributed by atoms with van der Waals surface area (Å²) in [6.07, 6.45) is 0. The van der Waals surface area contributed by atoms with Gasteiger partial charge in [0.05, 0.1) is 17.7 Å². The monoisotopic (exact) mass is 215 g/mol. The first-order chi connectivity index (χ1) is 6.74. The van der Waals surface area contributed by atoms with Gasteiger partial charge in [0.15, 0.2) is 11.5 Å². The Labute approximate surface area is 86.2 Å². The van der Waals surface area contributed by atoms with E-state index >= 15 is 0 Å². The number of hydrogen-bond acceptors (Lipinski definition) is 4. The highest BCUT2D eigenvalue weighted by molar-refractivity contribution is 6.32. The Hall–Kier alpha value is -0.970. The third-order valence-corrected chi connectivity index (χ3v) is 2.39. The van der Waals surface area contributed by atoms with Gasteiger partial charge in [-0.25, -0.2) is 0 Å². The van der Waals surface area contributed by atoms with Crippen LogP contribution in [-0.2, 0) is 0 Å². The van der Waals surface area contributed by atoms with Gasteiger partial charge in [0, 0.05) is 5.56 Å². The maximum absolute atomic E-state index is 8.93. The fraction of sp³-hybridized carbons (Fsp3) is 0.333. The number of aliphatic hydroxyl groups is 1. The van der Waals surface area contributed by atoms with Gasteiger partial charge in [-0.3, -0.25) is 0 Å². The highest BCUT2D eigenvalue weighted by Gasteiger charge is 2.23. The molecular formula is C9H10ClNO3. The normalized spacial score (nSPS) is 15.6. The number of halogens is 1. The third-order valence-electron chi connectivity index (χ3n) is 2.10. The van der Waals surface area contributed by atoms with Crippen LogP contribution >= 0.6 is 11.6 Å². The minimum atomic E-state index is -0.470. The predicted octanol–water partition coefficient (Wildman–Crippen LogP) is 1.06. The van der Waals surface area contributed by atoms with Crippen molar-refractivity contribution in [3.63, 3.8) is 0 Å². The van der Waals surface area contributed by atoms with E-state index in [1.807, 2.05) is 0 Å². The first-order valence-electron chi connectivity index (χ1n) is 4.18. The summed E-state index contributed by atoms with van der Waals surface area (Å²) in [5, 5.41) is 9.43. The summed E-state index contributed by atoms with van der Waals surface area (Å²) in [7, 11) is 0. The van der Waals surface area contributed by atoms with E-state index in [0.29, 0.717) is 22.1 Å². The lowest BCUT2D eigenvalue weighted by Crippen LogP contribution is -2.15. The number of nitrogens with two attached hydrogens (primary N) is 1. The molecule has 76 valence electrons. The van der Waals surface area contributed by atoms with Crippen LogP contribution in [0.4, 0.5) is 0 Å². The molecule has 1 aliphatic heterocycles. The minimum absolute atomic E-state index is 0.141. The third kappa shape index (κ3) is 1.41. The molecule has 0 aromatic heterocycles. The molecule has 0 aliphatic carbocycles. The largest absolute Gasteiger partial charge is 0.453 e. The lowest BCUT2D eigenvalue weighted by atomic mass is 10.1. The molecule has 0 fully saturated rings. The van der Waals surface area contributed by atoms with Crippen molar-refractivity contribution in [3.8, 4) is 11.5 Å². The highest BCUT2D eigenvalue weighted by atomic mass is 35.5. The molecule has 1 aliphatic rings. The van der Waals surface area contributed by atoms with Crippen molar-refractivity contribution in [3.05, 3.63) is 22.7 Å². The zero-order chi connectivity index (χ0) is 10.1. The van der Waals surface area contributed by atoms with Crippen LogP contribution in [0, 0.1) is 0 Å². The van der Waals surface area contributed by atoms with Crippen LogP contribution in [0.15, 0.2) is 12.1 Å². The molecule has 1 atom stereocenters. The van der Waals surface area contributed by atoms with Gasteiger partial charge in [0.25, 0.3) is 0 Å². The topological polar surface area (TPSA) is 64.7 Å². The van der Waals surface area contributed by atoms with E-state index in [9.17, 15) is 0 Å². The number of aliphatic hydroxyl groups excluding tert-OH is 1. The smallest absolute Gasteiger partial charge is 0.231 e. The van der Waals surface area contributed by atoms with Crippen molar-refractivity contribution >= 4 is 11.6 Å². The summed E-state index contributed by atoms with van der Waals surface area (Å²) in [6, 6.07) is 2.94. The highest BCUT2D eigenvalue weighted by Crippen LogP contribution is 2.43. The van der Waals surface area contributed by atoms with E-state index in [0.717, 1.165) is 0 Å². The van der Waals surface area contributed by atoms with Gasteiger partial charge in [0.2, 0.25) is 6.79 Å². The summed E-state index contributed by atoms with van der Waals surface area (Å²) >= 11 is 5.88. The van der Waals surface area contributed by atoms with E-state index in [1.54, 1.807) is 12.1 Å². The van der Waals surface area contributed by atoms with Gasteiger partial charge in [-0.15, -0.1) is 0 Å². The van der Waals surface area contributed by atoms with E-state index in [1.165, 1.54) is 0 Å². The van der Waals surface area contributed by atoms with Crippen LogP contribution < -0.4 is 15.2 Å². The van der Waals surface area contributed by atoms with Crippen LogP contribution in [0.1, 0.15) is 11.6 Å². The summed E-state index contributed by atoms with van der Waals surface area (Å²) in [5.41, 5.74) is 6.40. The molecule has 0 radical (unpaired) electrons. The lowest BCUT2D eigenvalue weighted by molar-refractivity contribution is 0.172. The van der Waals surface area contributed by atoms with Gasteiger partial charge >= 0.3 is 0 Å². The van der Waals surface area contributed by atoms with Crippen molar-refractivity contribution in [2.75, 3.05) is 13.4 Å². The molecule has 1 heterocycles. The second-order valence-electron chi connectivity index (χ2n) is 2.99. The fourth-order valence-corrected chi connectivity index (χ4v) is 1.58. The first-order valence-corrected chi connectivity index (χ1v) is 4.56. The number of fused-ring (bicyclic) bond motifs is 1. The number of rotatable bonds is 2. The van der Waals surface area contributed by atoms with Crippen molar-refractivity contribution < 1.29 is 14.6 Å². The Balaban J connectivity index is 2.48. The number of ether oxygens (including phenoxy) is 2. The zero-order valence-corrected chi connectivity index (χ0v) is 8.12. The summed E-state index contributed by atoms with van der Waals surface area (Å²) in [4.78, 5) is 0. The molecule has 1 aromatic rings. The van der Waals surface area contributed by atoms with Crippen LogP contribution in [0.5, 0.6) is 11.5 Å². The molecular weight excluding hydrogens is 206 g/mol. The second-order valence-corrected chi connectivity index (χ2v) is 3.40. The molecule has 0 bridgehead atoms. The summed E-state index contributed by atoms with van der Waals surface area (Å²) in [5.74, 6) is 1.05. The van der Waals surface area contributed by atoms with Crippen LogP contribution in [0.2, 0.25) is 5.02 Å². The molecule has 14 heavy (non-hydrogen) atoms. The second kappa shape index (κ2) is 3.65. The van der Waals surface area contributed by atoms with Gasteiger partial charge in [-0.05, 0) is 6.07 Å². The van der Waals surface area contributed by atoms with E-state index in [2.05, 4.69) is 0 Å². The maximum atomic E-state index is 8.93. The van der Waals surface area contributed by atoms with Gasteiger partial charge < -0.3 is 20.3 Å². The standard InChI is InChI=1S/C9H10ClNO3/c10-6-2-1-5(7(11)3-12)8-9(6)14-4-13-8/h1-2,7,12H,3-4,11H2. The van der Waals surface area contributed by atoms with E-state index < -0.39 is 6.04 Å². The zero-order valence-electron chi connectivity index (χ0n) is 7.37. The Morgan fingerprint density at radius 2 is 2.14 bits per heavy atom. The molecule has 0 amide bonds. The maximum Gasteiger partial charge on any atom is 0.231 e. The summed E-state index contributed by atoms with van der Waals surface area (Å²) in [6.45, 7) is 0.00163. The minimum Gasteiger partial charge on any atom is -0.453 e. The lowest BCUT2D eigenvalue weighted by Gasteiger charge is -2.11. The number of hydrogen-bond donors (Lipinski definition) is 2. The average molecular weight is 216 g/mol. The quantitative estimate of drug-likeness (QED) is 0.775. The van der Waals surface area contributed by atoms with E-state index in [-0.39, 0.29) is 13.4 Å². The summed E-state index contributed by atoms with van der Waals surface area (Å²) < 4.78 is 10.4. The average Bonchev–Trinajstić information content (AvgIpc) is 2.67. The predicted molar refractivity (Wildman–Crippen MR) is 51.6 cm³/mol. The Bertz CT molecular complexity index is 356. The van der Waals surface area contributed by atoms with Crippen molar-refractivity contribution in [2.45, 2.75) is 6.04 Å². The van der Waals surface area contributed by atoms with Crippen molar-refractivity contribution in [1.82, 2.24) is 0 Å². The molecule has 0 saturated carbocycles. The van der Waals surface area contributed by atoms with Crippen LogP contribution in [0.3, 0.4) is 0 Å². The van der Waals surface area contributed by atoms with Gasteiger partial charge in [-0.2, -0.15) is 0 Å². The Morgan fingerprint density at radius 1 is 1.43 bits per heavy atom. The van der Waals surface area contributed by atoms with Crippen molar-refractivity contribution in [2.24, 2.45) is 5.73 Å². The molecule has 0 spiro atoms. The fourth-order valence-electron chi connectivity index (χ4n) is 1.37. The molecule has 0 saturated heterocycles. The molecule has 2 rings (SSSR count). The molecule has 5 heteroatoms. The molecule has 1 aromatic carbocycles. The van der Waals surface area contributed by atoms with Gasteiger partial charge in [0.1, 0.15) is 0 Å².